The number of anilines is 2. The minimum absolute atomic E-state index is 0.00746. The second kappa shape index (κ2) is 36.4. The summed E-state index contributed by atoms with van der Waals surface area (Å²) >= 11 is 17.9. The van der Waals surface area contributed by atoms with Crippen LogP contribution in [0.5, 0.6) is 0 Å². The Bertz CT molecular complexity index is 4870. The quantitative estimate of drug-likeness (QED) is 0.0520. The fourth-order valence-corrected chi connectivity index (χ4v) is 16.7. The van der Waals surface area contributed by atoms with E-state index in [-0.39, 0.29) is 77.4 Å². The predicted molar refractivity (Wildman–Crippen MR) is 406 cm³/mol. The molecule has 0 atom stereocenters. The number of carbonyl (C=O) groups is 6. The normalized spacial score (nSPS) is 13.6. The van der Waals surface area contributed by atoms with Crippen LogP contribution in [0.15, 0.2) is 150 Å². The molecule has 534 valence electrons. The number of amides is 3. The van der Waals surface area contributed by atoms with Crippen molar-refractivity contribution in [3.8, 4) is 0 Å². The van der Waals surface area contributed by atoms with Crippen LogP contribution in [0.2, 0.25) is 5.02 Å². The third kappa shape index (κ3) is 18.4. The molecule has 0 aliphatic carbocycles. The second-order valence-corrected chi connectivity index (χ2v) is 29.0. The first-order chi connectivity index (χ1) is 49.4. The molecule has 3 aliphatic heterocycles. The van der Waals surface area contributed by atoms with Gasteiger partial charge < -0.3 is 58.6 Å². The van der Waals surface area contributed by atoms with E-state index in [4.69, 9.17) is 25.8 Å². The summed E-state index contributed by atoms with van der Waals surface area (Å²) in [5, 5.41) is 15.4. The zero-order chi connectivity index (χ0) is 72.4. The van der Waals surface area contributed by atoms with Gasteiger partial charge in [0.1, 0.15) is 28.3 Å². The van der Waals surface area contributed by atoms with Crippen LogP contribution in [0.4, 0.5) is 20.2 Å². The van der Waals surface area contributed by atoms with Crippen molar-refractivity contribution in [3.63, 3.8) is 0 Å². The molecule has 3 aliphatic rings. The summed E-state index contributed by atoms with van der Waals surface area (Å²) in [6.45, 7) is 13.4. The van der Waals surface area contributed by atoms with Crippen LogP contribution in [0.3, 0.4) is 0 Å². The first-order valence-electron chi connectivity index (χ1n) is 32.2. The van der Waals surface area contributed by atoms with Crippen LogP contribution in [-0.2, 0) is 26.1 Å². The molecule has 0 radical (unpaired) electrons. The van der Waals surface area contributed by atoms with Gasteiger partial charge in [-0.3, -0.25) is 28.8 Å². The van der Waals surface area contributed by atoms with Gasteiger partial charge >= 0.3 is 17.9 Å². The molecular weight excluding hydrogens is 1520 g/mol. The summed E-state index contributed by atoms with van der Waals surface area (Å²) in [7, 11) is 0. The predicted octanol–water partition coefficient (Wildman–Crippen LogP) is 13.2. The van der Waals surface area contributed by atoms with E-state index in [1.165, 1.54) is 92.3 Å². The van der Waals surface area contributed by atoms with Crippen molar-refractivity contribution in [2.24, 2.45) is 0 Å². The van der Waals surface area contributed by atoms with Crippen molar-refractivity contribution in [1.82, 2.24) is 34.6 Å². The Morgan fingerprint density at radius 1 is 0.471 bits per heavy atom. The maximum atomic E-state index is 13.8. The van der Waals surface area contributed by atoms with Gasteiger partial charge in [0, 0.05) is 83.9 Å². The molecule has 3 N–H and O–H groups in total. The minimum Gasteiger partial charge on any atom is -0.462 e. The molecule has 0 bridgehead atoms. The van der Waals surface area contributed by atoms with Crippen molar-refractivity contribution in [2.45, 2.75) is 32.6 Å². The van der Waals surface area contributed by atoms with Crippen LogP contribution in [0.25, 0.3) is 30.6 Å². The van der Waals surface area contributed by atoms with Crippen LogP contribution in [-0.4, -0.2) is 163 Å². The SMILES string of the molecule is CCOC(=O)c1c(Cl)c2sccc2[nH]c1=O.CCOC(=O)c1c(N2CCN(C(=O)c3cccs3)CC2)c2sccc2[nH]c1=O.CCOC(=O)c1c(N2CCN(C(=O)c3cccs3)CC2)c2sccc2n(Cc2ccc(F)cc2)c1=O.Fc1ccc(CBr)cc1.O=C(c1cccs1)N1CCNCC1. The standard InChI is InChI=1S/C26H24FN3O4S2.C19H19N3O4S2.C10H8ClNO3S.C9H12N2OS.C7H6BrF/c1-2-34-26(33)21-22(28-10-12-29(13-11-28)24(31)20-4-3-14-35-20)23-19(9-15-36-23)30(25(21)32)16-17-5-7-18(27)8-6-17;1-2-26-19(25)14-15(16-12(5-11-28-16)20-17(14)23)21-6-8-22(9-7-21)18(24)13-4-3-10-27-13;1-2-15-10(14)6-7(11)8-5(3-4-16-8)12-9(6)13;12-9(8-2-1-7-13-8)11-5-3-10-4-6-11;8-5-6-1-3-7(9)4-2-6/h3-9,14-15H,2,10-13,16H2,1H3;3-5,10-11H,2,6-9H2,1H3,(H,20,23);3-4H,2H2,1H3,(H,12,13);1-2,7,10H,3-6H2;1-4H,5H2. The number of hydrogen-bond donors (Lipinski definition) is 3. The summed E-state index contributed by atoms with van der Waals surface area (Å²) in [4.78, 5) is 129. The van der Waals surface area contributed by atoms with Gasteiger partial charge in [-0.05, 0) is 125 Å². The number of hydrogen-bond acceptors (Lipinski definition) is 21. The molecule has 12 heterocycles. The monoisotopic (exact) mass is 1580 g/mol. The largest absolute Gasteiger partial charge is 0.462 e. The van der Waals surface area contributed by atoms with Gasteiger partial charge in [0.2, 0.25) is 0 Å². The fourth-order valence-electron chi connectivity index (χ4n) is 11.2. The smallest absolute Gasteiger partial charge is 0.345 e. The van der Waals surface area contributed by atoms with E-state index in [9.17, 15) is 51.9 Å². The Labute approximate surface area is 621 Å². The molecule has 2 aromatic carbocycles. The highest BCUT2D eigenvalue weighted by Crippen LogP contribution is 2.37. The summed E-state index contributed by atoms with van der Waals surface area (Å²) in [6, 6.07) is 29.0. The van der Waals surface area contributed by atoms with Gasteiger partial charge in [0.25, 0.3) is 34.4 Å². The van der Waals surface area contributed by atoms with Gasteiger partial charge in [-0.2, -0.15) is 0 Å². The molecular formula is C71H69BrClF2N9O12S6. The van der Waals surface area contributed by atoms with E-state index in [1.54, 1.807) is 66.0 Å². The number of ether oxygens (including phenoxy) is 3. The number of nitrogens with one attached hydrogen (secondary N) is 3. The molecule has 11 aromatic rings. The number of piperazine rings is 3. The van der Waals surface area contributed by atoms with Gasteiger partial charge in [-0.25, -0.2) is 23.2 Å². The maximum absolute atomic E-state index is 13.8. The molecule has 3 saturated heterocycles. The molecule has 31 heteroatoms. The van der Waals surface area contributed by atoms with E-state index in [0.717, 1.165) is 61.8 Å². The third-order valence-electron chi connectivity index (χ3n) is 16.1. The number of thiophene rings is 6. The van der Waals surface area contributed by atoms with Crippen LogP contribution in [0, 0.1) is 11.6 Å². The number of fused-ring (bicyclic) bond motifs is 3. The average molecular weight is 1590 g/mol. The number of aromatic nitrogens is 3. The Hall–Kier alpha value is -8.72. The Balaban J connectivity index is 0.000000149. The molecule has 102 heavy (non-hydrogen) atoms. The molecule has 0 saturated carbocycles. The lowest BCUT2D eigenvalue weighted by Gasteiger charge is -2.36. The van der Waals surface area contributed by atoms with Crippen molar-refractivity contribution in [1.29, 1.82) is 0 Å². The van der Waals surface area contributed by atoms with E-state index >= 15 is 0 Å². The van der Waals surface area contributed by atoms with Crippen molar-refractivity contribution < 1.29 is 51.8 Å². The van der Waals surface area contributed by atoms with Crippen molar-refractivity contribution >= 4 is 173 Å². The summed E-state index contributed by atoms with van der Waals surface area (Å²) < 4.78 is 44.7. The number of esters is 3. The Morgan fingerprint density at radius 3 is 1.33 bits per heavy atom. The molecule has 14 rings (SSSR count). The van der Waals surface area contributed by atoms with Crippen molar-refractivity contribution in [3.05, 3.63) is 226 Å². The lowest BCUT2D eigenvalue weighted by Crippen LogP contribution is -2.49. The lowest BCUT2D eigenvalue weighted by atomic mass is 10.1. The number of benzene rings is 2. The van der Waals surface area contributed by atoms with Crippen molar-refractivity contribution in [2.75, 3.05) is 108 Å². The van der Waals surface area contributed by atoms with Gasteiger partial charge in [-0.1, -0.05) is 70.0 Å². The molecule has 3 fully saturated rings. The number of pyridine rings is 3. The number of rotatable bonds is 14. The lowest BCUT2D eigenvalue weighted by molar-refractivity contribution is 0.0514. The molecule has 0 spiro atoms. The molecule has 3 amide bonds. The summed E-state index contributed by atoms with van der Waals surface area (Å²) in [5.41, 5.74) is 3.53. The highest BCUT2D eigenvalue weighted by Gasteiger charge is 2.33. The number of aromatic amines is 2. The van der Waals surface area contributed by atoms with E-state index < -0.39 is 34.6 Å². The van der Waals surface area contributed by atoms with Crippen LogP contribution >= 0.6 is 95.6 Å². The van der Waals surface area contributed by atoms with Crippen LogP contribution < -0.4 is 31.8 Å². The van der Waals surface area contributed by atoms with Gasteiger partial charge in [-0.15, -0.1) is 68.0 Å². The number of alkyl halides is 1. The van der Waals surface area contributed by atoms with E-state index in [0.29, 0.717) is 89.9 Å². The Morgan fingerprint density at radius 2 is 0.873 bits per heavy atom. The summed E-state index contributed by atoms with van der Waals surface area (Å²) in [5.74, 6) is -2.33. The highest BCUT2D eigenvalue weighted by molar-refractivity contribution is 9.08. The van der Waals surface area contributed by atoms with Crippen LogP contribution in [0.1, 0.15) is 92.0 Å². The molecule has 9 aromatic heterocycles. The number of H-pyrrole nitrogens is 2. The number of halogens is 4. The topological polar surface area (TPSA) is 246 Å². The van der Waals surface area contributed by atoms with Gasteiger partial charge in [0.05, 0.1) is 88.0 Å². The molecule has 0 unspecified atom stereocenters. The fraction of sp³-hybridized carbons (Fsp3) is 0.282. The van der Waals surface area contributed by atoms with E-state index in [2.05, 4.69) is 31.2 Å². The first kappa shape index (κ1) is 75.9. The highest BCUT2D eigenvalue weighted by atomic mass is 79.9. The van der Waals surface area contributed by atoms with E-state index in [1.807, 2.05) is 95.0 Å². The maximum Gasteiger partial charge on any atom is 0.345 e. The zero-order valence-corrected chi connectivity index (χ0v) is 62.6. The first-order valence-corrected chi connectivity index (χ1v) is 39.0. The summed E-state index contributed by atoms with van der Waals surface area (Å²) in [6.07, 6.45) is 0. The second-order valence-electron chi connectivity index (χ2n) is 22.5. The average Bonchev–Trinajstić information content (AvgIpc) is 1.39. The third-order valence-corrected chi connectivity index (χ3v) is 22.6. The minimum atomic E-state index is -0.691. The number of carbonyl (C=O) groups excluding carboxylic acids is 6. The van der Waals surface area contributed by atoms with Gasteiger partial charge in [0.15, 0.2) is 0 Å². The zero-order valence-electron chi connectivity index (χ0n) is 55.3. The molecule has 21 nitrogen and oxygen atoms in total. The Kier molecular flexibility index (Phi) is 27.1. The number of nitrogens with zero attached hydrogens (tertiary/aromatic N) is 6.